The first kappa shape index (κ1) is 23.5. The zero-order valence-electron chi connectivity index (χ0n) is 18.4. The van der Waals surface area contributed by atoms with Gasteiger partial charge >= 0.3 is 5.97 Å². The molecule has 0 aliphatic carbocycles. The predicted octanol–water partition coefficient (Wildman–Crippen LogP) is 5.62. The van der Waals surface area contributed by atoms with Crippen molar-refractivity contribution in [2.24, 2.45) is 7.05 Å². The molecule has 0 aliphatic rings. The molecule has 0 bridgehead atoms. The second-order valence-corrected chi connectivity index (χ2v) is 8.57. The minimum atomic E-state index is -0.787. The maximum atomic E-state index is 13.2. The minimum Gasteiger partial charge on any atom is -0.451 e. The number of hydrogen-bond donors (Lipinski definition) is 1. The van der Waals surface area contributed by atoms with Gasteiger partial charge in [-0.05, 0) is 42.1 Å². The summed E-state index contributed by atoms with van der Waals surface area (Å²) < 4.78 is 6.58. The fourth-order valence-electron chi connectivity index (χ4n) is 3.69. The van der Waals surface area contributed by atoms with Crippen LogP contribution in [-0.2, 0) is 16.6 Å². The van der Waals surface area contributed by atoms with E-state index in [1.54, 1.807) is 36.4 Å². The fourth-order valence-corrected chi connectivity index (χ4v) is 3.99. The van der Waals surface area contributed by atoms with Gasteiger partial charge in [-0.3, -0.25) is 9.59 Å². The van der Waals surface area contributed by atoms with Crippen molar-refractivity contribution in [3.63, 3.8) is 0 Å². The Bertz CT molecular complexity index is 1480. The molecule has 0 fully saturated rings. The van der Waals surface area contributed by atoms with Gasteiger partial charge in [-0.25, -0.2) is 4.79 Å². The highest BCUT2D eigenvalue weighted by Gasteiger charge is 2.23. The number of esters is 1. The first-order chi connectivity index (χ1) is 16.3. The number of aromatic nitrogens is 1. The number of aryl methyl sites for hydroxylation is 1. The highest BCUT2D eigenvalue weighted by Crippen LogP contribution is 2.31. The quantitative estimate of drug-likeness (QED) is 0.365. The predicted molar refractivity (Wildman–Crippen MR) is 135 cm³/mol. The van der Waals surface area contributed by atoms with E-state index in [0.29, 0.717) is 27.0 Å². The lowest BCUT2D eigenvalue weighted by Gasteiger charge is -2.17. The van der Waals surface area contributed by atoms with Gasteiger partial charge in [-0.1, -0.05) is 71.2 Å². The van der Waals surface area contributed by atoms with Crippen LogP contribution in [0.5, 0.6) is 0 Å². The van der Waals surface area contributed by atoms with Gasteiger partial charge < -0.3 is 14.6 Å². The Morgan fingerprint density at radius 2 is 1.62 bits per heavy atom. The molecule has 0 spiro atoms. The van der Waals surface area contributed by atoms with Crippen LogP contribution in [0.25, 0.3) is 21.9 Å². The molecule has 4 aromatic rings. The molecule has 1 amide bonds. The molecule has 34 heavy (non-hydrogen) atoms. The molecule has 0 radical (unpaired) electrons. The van der Waals surface area contributed by atoms with Crippen LogP contribution in [0.1, 0.15) is 16.1 Å². The summed E-state index contributed by atoms with van der Waals surface area (Å²) in [7, 11) is 1.51. The molecule has 6 nitrogen and oxygen atoms in total. The van der Waals surface area contributed by atoms with E-state index in [1.807, 2.05) is 31.2 Å². The molecule has 0 saturated carbocycles. The molecule has 0 atom stereocenters. The van der Waals surface area contributed by atoms with Crippen LogP contribution in [0.4, 0.5) is 5.69 Å². The summed E-state index contributed by atoms with van der Waals surface area (Å²) >= 11 is 11.9. The summed E-state index contributed by atoms with van der Waals surface area (Å²) in [5.74, 6) is -1.35. The van der Waals surface area contributed by atoms with Gasteiger partial charge in [0.05, 0.1) is 10.0 Å². The van der Waals surface area contributed by atoms with E-state index in [2.05, 4.69) is 5.32 Å². The van der Waals surface area contributed by atoms with Crippen molar-refractivity contribution in [2.45, 2.75) is 6.92 Å². The van der Waals surface area contributed by atoms with Crippen LogP contribution in [-0.4, -0.2) is 23.1 Å². The number of fused-ring (bicyclic) bond motifs is 1. The second-order valence-electron chi connectivity index (χ2n) is 7.75. The van der Waals surface area contributed by atoms with E-state index in [1.165, 1.54) is 17.7 Å². The van der Waals surface area contributed by atoms with Crippen molar-refractivity contribution < 1.29 is 14.3 Å². The number of pyridine rings is 1. The Balaban J connectivity index is 1.68. The third-order valence-electron chi connectivity index (χ3n) is 5.37. The van der Waals surface area contributed by atoms with Crippen LogP contribution in [0, 0.1) is 6.92 Å². The second kappa shape index (κ2) is 9.71. The van der Waals surface area contributed by atoms with Crippen LogP contribution in [0.3, 0.4) is 0 Å². The highest BCUT2D eigenvalue weighted by molar-refractivity contribution is 6.42. The van der Waals surface area contributed by atoms with Crippen LogP contribution in [0.15, 0.2) is 71.5 Å². The van der Waals surface area contributed by atoms with Gasteiger partial charge in [0.2, 0.25) is 0 Å². The summed E-state index contributed by atoms with van der Waals surface area (Å²) in [6.07, 6.45) is 0. The third kappa shape index (κ3) is 4.69. The number of benzene rings is 3. The summed E-state index contributed by atoms with van der Waals surface area (Å²) in [6.45, 7) is 1.41. The maximum Gasteiger partial charge on any atom is 0.356 e. The Morgan fingerprint density at radius 1 is 0.941 bits per heavy atom. The molecule has 3 aromatic carbocycles. The maximum absolute atomic E-state index is 13.2. The van der Waals surface area contributed by atoms with E-state index in [4.69, 9.17) is 27.9 Å². The monoisotopic (exact) mass is 494 g/mol. The van der Waals surface area contributed by atoms with E-state index < -0.39 is 18.5 Å². The minimum absolute atomic E-state index is 0.0647. The summed E-state index contributed by atoms with van der Waals surface area (Å²) in [4.78, 5) is 38.5. The number of halogens is 2. The zero-order chi connectivity index (χ0) is 24.4. The summed E-state index contributed by atoms with van der Waals surface area (Å²) in [5.41, 5.74) is 2.51. The van der Waals surface area contributed by atoms with Crippen LogP contribution >= 0.6 is 23.2 Å². The number of rotatable bonds is 5. The number of carbonyl (C=O) groups excluding carboxylic acids is 2. The summed E-state index contributed by atoms with van der Waals surface area (Å²) in [5, 5.41) is 4.34. The topological polar surface area (TPSA) is 77.4 Å². The normalized spacial score (nSPS) is 10.8. The molecular formula is C26H20Cl2N2O4. The lowest BCUT2D eigenvalue weighted by Crippen LogP contribution is -2.28. The number of amides is 1. The SMILES string of the molecule is Cc1ccc(-c2c(C(=O)OCC(=O)Nc3ccc(Cl)c(Cl)c3)n(C)c(=O)c3ccccc23)cc1. The standard InChI is InChI=1S/C26H20Cl2N2O4/c1-15-7-9-16(10-8-15)23-18-5-3-4-6-19(18)25(32)30(2)24(23)26(33)34-14-22(31)29-17-11-12-20(27)21(28)13-17/h3-13H,14H2,1-2H3,(H,29,31). The van der Waals surface area contributed by atoms with Crippen molar-refractivity contribution in [3.8, 4) is 11.1 Å². The average molecular weight is 495 g/mol. The van der Waals surface area contributed by atoms with Crippen molar-refractivity contribution in [1.82, 2.24) is 4.57 Å². The number of ether oxygens (including phenoxy) is 1. The largest absolute Gasteiger partial charge is 0.451 e. The molecule has 1 aromatic heterocycles. The van der Waals surface area contributed by atoms with Crippen molar-refractivity contribution in [2.75, 3.05) is 11.9 Å². The zero-order valence-corrected chi connectivity index (χ0v) is 19.9. The van der Waals surface area contributed by atoms with Gasteiger partial charge in [0, 0.05) is 23.7 Å². The highest BCUT2D eigenvalue weighted by atomic mass is 35.5. The number of carbonyl (C=O) groups is 2. The smallest absolute Gasteiger partial charge is 0.356 e. The van der Waals surface area contributed by atoms with Crippen molar-refractivity contribution in [1.29, 1.82) is 0 Å². The van der Waals surface area contributed by atoms with Gasteiger partial charge in [0.1, 0.15) is 5.69 Å². The molecule has 0 unspecified atom stereocenters. The lowest BCUT2D eigenvalue weighted by molar-refractivity contribution is -0.119. The molecule has 4 rings (SSSR count). The third-order valence-corrected chi connectivity index (χ3v) is 6.11. The Labute approximate surface area is 205 Å². The number of anilines is 1. The van der Waals surface area contributed by atoms with E-state index >= 15 is 0 Å². The van der Waals surface area contributed by atoms with Crippen LogP contribution in [0.2, 0.25) is 10.0 Å². The first-order valence-corrected chi connectivity index (χ1v) is 11.1. The first-order valence-electron chi connectivity index (χ1n) is 10.4. The van der Waals surface area contributed by atoms with Gasteiger partial charge in [-0.2, -0.15) is 0 Å². The number of hydrogen-bond acceptors (Lipinski definition) is 4. The van der Waals surface area contributed by atoms with E-state index in [-0.39, 0.29) is 16.3 Å². The van der Waals surface area contributed by atoms with Gasteiger partial charge in [0.15, 0.2) is 6.61 Å². The van der Waals surface area contributed by atoms with Crippen molar-refractivity contribution >= 4 is 51.5 Å². The fraction of sp³-hybridized carbons (Fsp3) is 0.115. The van der Waals surface area contributed by atoms with Gasteiger partial charge in [-0.15, -0.1) is 0 Å². The molecule has 8 heteroatoms. The van der Waals surface area contributed by atoms with E-state index in [9.17, 15) is 14.4 Å². The lowest BCUT2D eigenvalue weighted by atomic mass is 9.96. The molecule has 0 aliphatic heterocycles. The van der Waals surface area contributed by atoms with Gasteiger partial charge in [0.25, 0.3) is 11.5 Å². The Morgan fingerprint density at radius 3 is 2.29 bits per heavy atom. The molecule has 172 valence electrons. The molecule has 1 heterocycles. The number of nitrogens with zero attached hydrogens (tertiary/aromatic N) is 1. The van der Waals surface area contributed by atoms with Crippen molar-refractivity contribution in [3.05, 3.63) is 98.4 Å². The molecular weight excluding hydrogens is 475 g/mol. The molecule has 0 saturated heterocycles. The van der Waals surface area contributed by atoms with Crippen LogP contribution < -0.4 is 10.9 Å². The average Bonchev–Trinajstić information content (AvgIpc) is 2.83. The van der Waals surface area contributed by atoms with E-state index in [0.717, 1.165) is 11.1 Å². The molecule has 1 N–H and O–H groups in total. The number of nitrogens with one attached hydrogen (secondary N) is 1. The Hall–Kier alpha value is -3.61. The Kier molecular flexibility index (Phi) is 6.72. The summed E-state index contributed by atoms with van der Waals surface area (Å²) in [6, 6.07) is 19.3.